The molecule has 36 nitrogen and oxygen atoms in total. The molecule has 22 aliphatic heterocycles. The van der Waals surface area contributed by atoms with E-state index in [1.54, 1.807) is 182 Å². The Kier molecular flexibility index (Phi) is 33.2. The fourth-order valence-electron chi connectivity index (χ4n) is 15.0. The number of carbonyl (C=O) groups is 6. The van der Waals surface area contributed by atoms with Crippen molar-refractivity contribution in [3.63, 3.8) is 0 Å². The first-order valence-corrected chi connectivity index (χ1v) is 41.0. The molecule has 22 fully saturated rings. The number of hydrogen-bond acceptors (Lipinski definition) is 30. The number of amides is 6. The van der Waals surface area contributed by atoms with Gasteiger partial charge in [0.1, 0.15) is 146 Å². The van der Waals surface area contributed by atoms with Gasteiger partial charge in [0.15, 0.2) is 37.7 Å². The van der Waals surface area contributed by atoms with Gasteiger partial charge in [0.25, 0.3) is 0 Å². The second-order valence-corrected chi connectivity index (χ2v) is 30.7. The van der Waals surface area contributed by atoms with Gasteiger partial charge in [0, 0.05) is 75.7 Å². The molecule has 126 heavy (non-hydrogen) atoms. The summed E-state index contributed by atoms with van der Waals surface area (Å²) in [4.78, 5) is 82.9. The highest BCUT2D eigenvalue weighted by Crippen LogP contribution is 2.39. The Bertz CT molecular complexity index is 3950. The number of nitrogens with one attached hydrogen (secondary N) is 6. The third kappa shape index (κ3) is 24.7. The molecule has 0 radical (unpaired) electrons. The van der Waals surface area contributed by atoms with E-state index in [1.165, 1.54) is 36.5 Å². The van der Waals surface area contributed by atoms with E-state index < -0.39 is 259 Å². The average molecular weight is 1750 g/mol. The first-order valence-electron chi connectivity index (χ1n) is 41.0. The van der Waals surface area contributed by atoms with Crippen LogP contribution in [0, 0.1) is 0 Å². The van der Waals surface area contributed by atoms with E-state index in [9.17, 15) is 90.0 Å². The van der Waals surface area contributed by atoms with Crippen LogP contribution >= 0.6 is 0 Å². The van der Waals surface area contributed by atoms with Crippen LogP contribution in [-0.4, -0.2) is 320 Å². The molecule has 672 valence electrons. The summed E-state index contributed by atoms with van der Waals surface area (Å²) in [5.74, 6) is -4.61. The van der Waals surface area contributed by atoms with Crippen molar-refractivity contribution in [1.29, 1.82) is 0 Å². The summed E-state index contributed by atoms with van der Waals surface area (Å²) in [6, 6.07) is 51.7. The number of carbonyl (C=O) groups excluding carboxylic acids is 6. The Balaban J connectivity index is 0.882. The molecule has 12 bridgehead atoms. The van der Waals surface area contributed by atoms with Gasteiger partial charge in [-0.15, -0.1) is 0 Å². The minimum Gasteiger partial charge on any atom is -0.387 e. The number of aliphatic hydroxyl groups excluding tert-OH is 12. The normalized spacial score (nSPS) is 34.5. The third-order valence-electron chi connectivity index (χ3n) is 21.8. The molecule has 22 aliphatic rings. The maximum Gasteiger partial charge on any atom is 0.244 e. The van der Waals surface area contributed by atoms with E-state index in [0.29, 0.717) is 33.4 Å². The van der Waals surface area contributed by atoms with Gasteiger partial charge in [-0.05, 0) is 69.8 Å². The van der Waals surface area contributed by atoms with Crippen LogP contribution in [0.1, 0.15) is 33.4 Å². The van der Waals surface area contributed by atoms with Crippen molar-refractivity contribution < 1.29 is 147 Å². The van der Waals surface area contributed by atoms with E-state index in [-0.39, 0.29) is 0 Å². The van der Waals surface area contributed by atoms with Gasteiger partial charge >= 0.3 is 0 Å². The first kappa shape index (κ1) is 93.3. The van der Waals surface area contributed by atoms with Crippen LogP contribution < -0.4 is 31.9 Å². The van der Waals surface area contributed by atoms with E-state index >= 15 is 0 Å². The van der Waals surface area contributed by atoms with Gasteiger partial charge in [0.05, 0.1) is 0 Å². The molecule has 0 aromatic heterocycles. The lowest BCUT2D eigenvalue weighted by Crippen LogP contribution is -2.70. The molecule has 22 heterocycles. The lowest BCUT2D eigenvalue weighted by Gasteiger charge is -2.51. The zero-order valence-corrected chi connectivity index (χ0v) is 67.5. The molecule has 22 saturated heterocycles. The van der Waals surface area contributed by atoms with Crippen LogP contribution in [0.25, 0.3) is 36.5 Å². The van der Waals surface area contributed by atoms with Gasteiger partial charge in [0.2, 0.25) is 35.4 Å². The van der Waals surface area contributed by atoms with Crippen LogP contribution in [-0.2, 0) is 85.6 Å². The van der Waals surface area contributed by atoms with Crippen molar-refractivity contribution in [1.82, 2.24) is 31.9 Å². The maximum absolute atomic E-state index is 13.8. The van der Waals surface area contributed by atoms with Crippen molar-refractivity contribution in [2.24, 2.45) is 0 Å². The van der Waals surface area contributed by atoms with Gasteiger partial charge in [-0.25, -0.2) is 0 Å². The smallest absolute Gasteiger partial charge is 0.244 e. The molecule has 18 N–H and O–H groups in total. The van der Waals surface area contributed by atoms with Crippen molar-refractivity contribution >= 4 is 71.9 Å². The van der Waals surface area contributed by atoms with Gasteiger partial charge in [-0.1, -0.05) is 182 Å². The molecular weight excluding hydrogens is 1650 g/mol. The molecule has 6 amide bonds. The number of benzene rings is 6. The summed E-state index contributed by atoms with van der Waals surface area (Å²) < 4.78 is 76.7. The quantitative estimate of drug-likeness (QED) is 0.0291. The monoisotopic (exact) mass is 1750 g/mol. The summed E-state index contributed by atoms with van der Waals surface area (Å²) >= 11 is 0. The molecule has 6 aromatic rings. The number of aliphatic hydroxyl groups is 12. The van der Waals surface area contributed by atoms with E-state index in [2.05, 4.69) is 31.9 Å². The molecule has 6 aromatic carbocycles. The van der Waals surface area contributed by atoms with Crippen molar-refractivity contribution in [3.05, 3.63) is 252 Å². The van der Waals surface area contributed by atoms with Crippen molar-refractivity contribution in [2.75, 3.05) is 39.3 Å². The first-order chi connectivity index (χ1) is 60.9. The highest BCUT2D eigenvalue weighted by Gasteiger charge is 2.59. The zero-order chi connectivity index (χ0) is 88.9. The van der Waals surface area contributed by atoms with Gasteiger partial charge in [-0.3, -0.25) is 28.8 Å². The third-order valence-corrected chi connectivity index (χ3v) is 21.8. The summed E-state index contributed by atoms with van der Waals surface area (Å²) in [5, 5.41) is 165. The van der Waals surface area contributed by atoms with Gasteiger partial charge in [-0.2, -0.15) is 0 Å². The second-order valence-electron chi connectivity index (χ2n) is 30.7. The second kappa shape index (κ2) is 44.9. The zero-order valence-electron chi connectivity index (χ0n) is 67.5. The summed E-state index contributed by atoms with van der Waals surface area (Å²) in [6.45, 7) is -4.03. The van der Waals surface area contributed by atoms with E-state index in [0.717, 1.165) is 36.5 Å². The van der Waals surface area contributed by atoms with E-state index in [4.69, 9.17) is 56.8 Å². The average Bonchev–Trinajstić information content (AvgIpc) is 0.768. The summed E-state index contributed by atoms with van der Waals surface area (Å²) in [5.41, 5.74) is 3.62. The number of ether oxygens (including phenoxy) is 12. The minimum atomic E-state index is -2.33. The highest BCUT2D eigenvalue weighted by atomic mass is 16.8. The minimum absolute atomic E-state index is 0.603. The molecule has 28 rings (SSSR count). The molecule has 30 unspecified atom stereocenters. The molecule has 0 spiro atoms. The fraction of sp³-hybridized carbons (Fsp3) is 0.400. The van der Waals surface area contributed by atoms with Crippen LogP contribution in [0.15, 0.2) is 218 Å². The van der Waals surface area contributed by atoms with Crippen molar-refractivity contribution in [2.45, 2.75) is 184 Å². The van der Waals surface area contributed by atoms with E-state index in [1.807, 2.05) is 0 Å². The summed E-state index contributed by atoms with van der Waals surface area (Å²) in [6.07, 6.45) is -47.5. The predicted octanol–water partition coefficient (Wildman–Crippen LogP) is -2.03. The topological polar surface area (TPSA) is 528 Å². The molecule has 36 heteroatoms. The standard InChI is InChI=1S/C90H102N6O30/c97-61(37-31-49-19-7-1-8-20-49)91-43-55-79-67(103)73(109)85(115-55)122-80-56(44-92-62(98)38-32-50-21-9-2-10-22-50)117-87(75(111)69(80)105)124-82-58(46-94-64(100)40-34-52-25-13-4-14-26-52)119-89(77(113)71(82)107)126-84-60(48-96-66(102)42-36-54-29-17-6-18-30-54)120-90(78(114)72(84)108)125-83-59(47-95-65(101)41-35-53-27-15-5-16-28-53)118-88(76(112)70(83)106)123-81-57(116-86(121-79)74(110)68(81)104)45-93-63(99)39-33-51-23-11-3-12-24-51/h1-42,55-60,67-90,103-114H,43-48H2,(H,91,97)(H,92,98)(H,93,99)(H,94,100)(H,95,101)(H,96,102)/b37-31+,38-32+,39-33+,40-34+,41-35+,42-36+. The van der Waals surface area contributed by atoms with Crippen LogP contribution in [0.5, 0.6) is 0 Å². The lowest BCUT2D eigenvalue weighted by molar-refractivity contribution is -0.399. The Morgan fingerprint density at radius 2 is 0.325 bits per heavy atom. The summed E-state index contributed by atoms with van der Waals surface area (Å²) in [7, 11) is 0. The Morgan fingerprint density at radius 1 is 0.198 bits per heavy atom. The number of hydrogen-bond donors (Lipinski definition) is 18. The Labute approximate surface area is 722 Å². The molecule has 0 saturated carbocycles. The van der Waals surface area contributed by atoms with Crippen LogP contribution in [0.3, 0.4) is 0 Å². The fourth-order valence-corrected chi connectivity index (χ4v) is 15.0. The van der Waals surface area contributed by atoms with Crippen LogP contribution in [0.2, 0.25) is 0 Å². The lowest BCUT2D eigenvalue weighted by atomic mass is 9.94. The van der Waals surface area contributed by atoms with Gasteiger partial charge < -0.3 is 150 Å². The maximum atomic E-state index is 13.8. The molecule has 0 aliphatic carbocycles. The predicted molar refractivity (Wildman–Crippen MR) is 444 cm³/mol. The largest absolute Gasteiger partial charge is 0.387 e. The molecule has 30 atom stereocenters. The Hall–Kier alpha value is -10.4. The number of rotatable bonds is 24. The van der Waals surface area contributed by atoms with Crippen molar-refractivity contribution in [3.8, 4) is 0 Å². The SMILES string of the molecule is O=C(/C=C/c1ccccc1)NCC1OC2OC3C(CNC(=O)/C=C/c4ccccc4)OC(OC4C(CNC(=O)/C=C/c5ccccc5)OC(OC5C(CNC(=O)/C=C/c6ccccc6)OC(OC6C(CNC(=O)/C=C/c7ccccc7)OC(OC7C(CNC(=O)/C=C/c8ccccc8)OC(OC1C(O)C2O)C(O)C7O)C(O)C6O)C(O)C5O)C(O)C4O)C(O)C3O. The molecular formula is C90H102N6O30. The Morgan fingerprint density at radius 3 is 0.452 bits per heavy atom. The van der Waals surface area contributed by atoms with Crippen LogP contribution in [0.4, 0.5) is 0 Å². The highest BCUT2D eigenvalue weighted by molar-refractivity contribution is 5.94.